The van der Waals surface area contributed by atoms with Crippen LogP contribution in [-0.2, 0) is 0 Å². The Bertz CT molecular complexity index is 362. The Morgan fingerprint density at radius 2 is 2.07 bits per heavy atom. The van der Waals surface area contributed by atoms with Crippen LogP contribution in [0, 0.1) is 0 Å². The summed E-state index contributed by atoms with van der Waals surface area (Å²) >= 11 is 3.37. The van der Waals surface area contributed by atoms with Crippen LogP contribution in [0.15, 0.2) is 22.7 Å². The van der Waals surface area contributed by atoms with Gasteiger partial charge in [0, 0.05) is 41.9 Å². The number of nitrogens with zero attached hydrogens (tertiary/aromatic N) is 1. The molecule has 1 fully saturated rings. The maximum Gasteiger partial charge on any atom is 0.152 e. The SMILES string of the molecule is O=Cc1cc(Br)ccc1N1CCNCC1. The number of aldehydes is 1. The average molecular weight is 269 g/mol. The first-order valence-electron chi connectivity index (χ1n) is 5.01. The summed E-state index contributed by atoms with van der Waals surface area (Å²) in [4.78, 5) is 13.2. The van der Waals surface area contributed by atoms with Crippen molar-refractivity contribution in [2.45, 2.75) is 0 Å². The fourth-order valence-electron chi connectivity index (χ4n) is 1.81. The second kappa shape index (κ2) is 4.77. The molecule has 4 heteroatoms. The van der Waals surface area contributed by atoms with Gasteiger partial charge in [-0.1, -0.05) is 15.9 Å². The van der Waals surface area contributed by atoms with Gasteiger partial charge in [0.15, 0.2) is 6.29 Å². The molecule has 0 spiro atoms. The van der Waals surface area contributed by atoms with Crippen LogP contribution in [-0.4, -0.2) is 32.5 Å². The summed E-state index contributed by atoms with van der Waals surface area (Å²) in [5, 5.41) is 3.29. The first kappa shape index (κ1) is 10.6. The predicted octanol–water partition coefficient (Wildman–Crippen LogP) is 1.67. The Balaban J connectivity index is 2.29. The van der Waals surface area contributed by atoms with Crippen molar-refractivity contribution in [1.82, 2.24) is 5.32 Å². The Morgan fingerprint density at radius 3 is 2.73 bits per heavy atom. The number of anilines is 1. The van der Waals surface area contributed by atoms with Crippen LogP contribution in [0.4, 0.5) is 5.69 Å². The molecule has 1 aromatic carbocycles. The Morgan fingerprint density at radius 1 is 1.33 bits per heavy atom. The summed E-state index contributed by atoms with van der Waals surface area (Å²) in [6, 6.07) is 5.84. The Kier molecular flexibility index (Phi) is 3.38. The fraction of sp³-hybridized carbons (Fsp3) is 0.364. The van der Waals surface area contributed by atoms with Crippen LogP contribution < -0.4 is 10.2 Å². The van der Waals surface area contributed by atoms with Crippen LogP contribution in [0.5, 0.6) is 0 Å². The van der Waals surface area contributed by atoms with Crippen molar-refractivity contribution in [2.75, 3.05) is 31.1 Å². The van der Waals surface area contributed by atoms with Gasteiger partial charge in [0.05, 0.1) is 0 Å². The van der Waals surface area contributed by atoms with Gasteiger partial charge in [-0.2, -0.15) is 0 Å². The second-order valence-electron chi connectivity index (χ2n) is 3.56. The molecule has 0 unspecified atom stereocenters. The van der Waals surface area contributed by atoms with Crippen LogP contribution >= 0.6 is 15.9 Å². The quantitative estimate of drug-likeness (QED) is 0.829. The molecule has 3 nitrogen and oxygen atoms in total. The third-order valence-electron chi connectivity index (χ3n) is 2.57. The summed E-state index contributed by atoms with van der Waals surface area (Å²) in [7, 11) is 0. The normalized spacial score (nSPS) is 16.5. The lowest BCUT2D eigenvalue weighted by molar-refractivity contribution is 0.112. The van der Waals surface area contributed by atoms with Crippen molar-refractivity contribution >= 4 is 27.9 Å². The van der Waals surface area contributed by atoms with Crippen molar-refractivity contribution in [3.63, 3.8) is 0 Å². The predicted molar refractivity (Wildman–Crippen MR) is 64.6 cm³/mol. The highest BCUT2D eigenvalue weighted by atomic mass is 79.9. The fourth-order valence-corrected chi connectivity index (χ4v) is 2.19. The highest BCUT2D eigenvalue weighted by Crippen LogP contribution is 2.23. The highest BCUT2D eigenvalue weighted by molar-refractivity contribution is 9.10. The standard InChI is InChI=1S/C11H13BrN2O/c12-10-1-2-11(9(7-10)8-15)14-5-3-13-4-6-14/h1-2,7-8,13H,3-6H2. The van der Waals surface area contributed by atoms with Gasteiger partial charge in [-0.25, -0.2) is 0 Å². The number of nitrogens with one attached hydrogen (secondary N) is 1. The van der Waals surface area contributed by atoms with Crippen LogP contribution in [0.1, 0.15) is 10.4 Å². The lowest BCUT2D eigenvalue weighted by Crippen LogP contribution is -2.43. The first-order valence-corrected chi connectivity index (χ1v) is 5.81. The van der Waals surface area contributed by atoms with E-state index < -0.39 is 0 Å². The van der Waals surface area contributed by atoms with E-state index in [2.05, 4.69) is 26.1 Å². The molecule has 0 aromatic heterocycles. The molecular formula is C11H13BrN2O. The van der Waals surface area contributed by atoms with Gasteiger partial charge in [-0.3, -0.25) is 4.79 Å². The highest BCUT2D eigenvalue weighted by Gasteiger charge is 2.13. The van der Waals surface area contributed by atoms with E-state index in [0.717, 1.165) is 48.2 Å². The van der Waals surface area contributed by atoms with Gasteiger partial charge in [0.25, 0.3) is 0 Å². The molecule has 1 aliphatic heterocycles. The molecule has 80 valence electrons. The molecule has 1 heterocycles. The third kappa shape index (κ3) is 2.38. The third-order valence-corrected chi connectivity index (χ3v) is 3.07. The molecule has 0 saturated carbocycles. The van der Waals surface area contributed by atoms with E-state index in [-0.39, 0.29) is 0 Å². The lowest BCUT2D eigenvalue weighted by Gasteiger charge is -2.30. The van der Waals surface area contributed by atoms with E-state index in [9.17, 15) is 4.79 Å². The number of benzene rings is 1. The van der Waals surface area contributed by atoms with E-state index in [1.54, 1.807) is 0 Å². The van der Waals surface area contributed by atoms with E-state index in [0.29, 0.717) is 0 Å². The van der Waals surface area contributed by atoms with Gasteiger partial charge < -0.3 is 10.2 Å². The average Bonchev–Trinajstić information content (AvgIpc) is 2.30. The number of halogens is 1. The van der Waals surface area contributed by atoms with Gasteiger partial charge >= 0.3 is 0 Å². The number of rotatable bonds is 2. The minimum Gasteiger partial charge on any atom is -0.368 e. The summed E-state index contributed by atoms with van der Waals surface area (Å²) < 4.78 is 0.948. The smallest absolute Gasteiger partial charge is 0.152 e. The van der Waals surface area contributed by atoms with Crippen LogP contribution in [0.25, 0.3) is 0 Å². The topological polar surface area (TPSA) is 32.3 Å². The van der Waals surface area contributed by atoms with Gasteiger partial charge in [0.2, 0.25) is 0 Å². The number of piperazine rings is 1. The maximum absolute atomic E-state index is 11.0. The number of hydrogen-bond donors (Lipinski definition) is 1. The monoisotopic (exact) mass is 268 g/mol. The minimum atomic E-state index is 0.756. The molecule has 2 rings (SSSR count). The molecule has 0 bridgehead atoms. The van der Waals surface area contributed by atoms with E-state index in [4.69, 9.17) is 0 Å². The summed E-state index contributed by atoms with van der Waals surface area (Å²) in [6.07, 6.45) is 0.919. The van der Waals surface area contributed by atoms with Crippen molar-refractivity contribution in [3.8, 4) is 0 Å². The van der Waals surface area contributed by atoms with Gasteiger partial charge in [-0.15, -0.1) is 0 Å². The van der Waals surface area contributed by atoms with Crippen LogP contribution in [0.2, 0.25) is 0 Å². The molecule has 0 radical (unpaired) electrons. The number of carbonyl (C=O) groups excluding carboxylic acids is 1. The second-order valence-corrected chi connectivity index (χ2v) is 4.47. The molecule has 15 heavy (non-hydrogen) atoms. The molecule has 1 aliphatic rings. The van der Waals surface area contributed by atoms with Crippen molar-refractivity contribution in [1.29, 1.82) is 0 Å². The summed E-state index contributed by atoms with van der Waals surface area (Å²) in [6.45, 7) is 3.88. The summed E-state index contributed by atoms with van der Waals surface area (Å²) in [5.74, 6) is 0. The lowest BCUT2D eigenvalue weighted by atomic mass is 10.1. The largest absolute Gasteiger partial charge is 0.368 e. The van der Waals surface area contributed by atoms with E-state index in [1.807, 2.05) is 18.2 Å². The zero-order valence-corrected chi connectivity index (χ0v) is 9.96. The molecule has 0 amide bonds. The molecule has 1 aromatic rings. The van der Waals surface area contributed by atoms with E-state index >= 15 is 0 Å². The van der Waals surface area contributed by atoms with E-state index in [1.165, 1.54) is 0 Å². The van der Waals surface area contributed by atoms with Crippen molar-refractivity contribution in [2.24, 2.45) is 0 Å². The number of hydrogen-bond acceptors (Lipinski definition) is 3. The van der Waals surface area contributed by atoms with Crippen LogP contribution in [0.3, 0.4) is 0 Å². The van der Waals surface area contributed by atoms with Crippen molar-refractivity contribution in [3.05, 3.63) is 28.2 Å². The zero-order valence-electron chi connectivity index (χ0n) is 8.37. The van der Waals surface area contributed by atoms with Gasteiger partial charge in [-0.05, 0) is 18.2 Å². The molecule has 0 atom stereocenters. The molecular weight excluding hydrogens is 256 g/mol. The molecule has 0 aliphatic carbocycles. The summed E-state index contributed by atoms with van der Waals surface area (Å²) in [5.41, 5.74) is 1.79. The first-order chi connectivity index (χ1) is 7.31. The van der Waals surface area contributed by atoms with Gasteiger partial charge in [0.1, 0.15) is 0 Å². The molecule has 1 saturated heterocycles. The Labute approximate surface area is 97.6 Å². The number of carbonyl (C=O) groups is 1. The Hall–Kier alpha value is -0.870. The van der Waals surface area contributed by atoms with Crippen molar-refractivity contribution < 1.29 is 4.79 Å². The zero-order chi connectivity index (χ0) is 10.7. The molecule has 1 N–H and O–H groups in total. The minimum absolute atomic E-state index is 0.756. The maximum atomic E-state index is 11.0.